The molecule has 3 nitrogen and oxygen atoms in total. The zero-order valence-corrected chi connectivity index (χ0v) is 9.84. The molecule has 0 aromatic heterocycles. The molecular weight excluding hydrogens is 228 g/mol. The van der Waals surface area contributed by atoms with Gasteiger partial charge in [-0.1, -0.05) is 6.08 Å². The Morgan fingerprint density at radius 2 is 1.67 bits per heavy atom. The Morgan fingerprint density at radius 1 is 1.00 bits per heavy atom. The number of rotatable bonds is 4. The number of aromatic hydroxyl groups is 2. The third-order valence-corrected chi connectivity index (χ3v) is 2.47. The molecule has 0 bridgehead atoms. The molecule has 92 valence electrons. The average Bonchev–Trinajstić information content (AvgIpc) is 2.36. The van der Waals surface area contributed by atoms with E-state index in [2.05, 4.69) is 6.58 Å². The van der Waals surface area contributed by atoms with E-state index in [1.165, 1.54) is 0 Å². The molecule has 2 aromatic carbocycles. The molecular formula is C15H14O3. The van der Waals surface area contributed by atoms with Crippen LogP contribution in [0.2, 0.25) is 0 Å². The highest BCUT2D eigenvalue weighted by Gasteiger charge is 2.05. The Hall–Kier alpha value is -2.42. The van der Waals surface area contributed by atoms with E-state index in [4.69, 9.17) is 4.74 Å². The number of hydrogen-bond acceptors (Lipinski definition) is 3. The summed E-state index contributed by atoms with van der Waals surface area (Å²) in [5, 5.41) is 18.6. The van der Waals surface area contributed by atoms with Gasteiger partial charge in [0.05, 0.1) is 0 Å². The van der Waals surface area contributed by atoms with E-state index in [9.17, 15) is 10.2 Å². The van der Waals surface area contributed by atoms with Crippen molar-refractivity contribution in [1.29, 1.82) is 0 Å². The third kappa shape index (κ3) is 2.83. The molecule has 0 amide bonds. The van der Waals surface area contributed by atoms with Crippen molar-refractivity contribution < 1.29 is 14.9 Å². The van der Waals surface area contributed by atoms with E-state index < -0.39 is 0 Å². The van der Waals surface area contributed by atoms with Gasteiger partial charge in [-0.25, -0.2) is 0 Å². The molecule has 2 aromatic rings. The summed E-state index contributed by atoms with van der Waals surface area (Å²) in [6.45, 7) is 3.68. The highest BCUT2D eigenvalue weighted by Crippen LogP contribution is 2.29. The molecule has 2 N–H and O–H groups in total. The first-order valence-corrected chi connectivity index (χ1v) is 5.58. The van der Waals surface area contributed by atoms with Crippen LogP contribution in [0.3, 0.4) is 0 Å². The van der Waals surface area contributed by atoms with Gasteiger partial charge in [-0.2, -0.15) is 0 Å². The van der Waals surface area contributed by atoms with Gasteiger partial charge in [0.2, 0.25) is 0 Å². The zero-order valence-electron chi connectivity index (χ0n) is 9.84. The van der Waals surface area contributed by atoms with Crippen molar-refractivity contribution in [2.45, 2.75) is 6.42 Å². The Bertz CT molecular complexity index is 544. The molecule has 0 heterocycles. The molecule has 0 aliphatic rings. The van der Waals surface area contributed by atoms with Crippen LogP contribution >= 0.6 is 0 Å². The van der Waals surface area contributed by atoms with Gasteiger partial charge in [-0.3, -0.25) is 0 Å². The molecule has 18 heavy (non-hydrogen) atoms. The first-order chi connectivity index (χ1) is 8.69. The van der Waals surface area contributed by atoms with Gasteiger partial charge < -0.3 is 14.9 Å². The van der Waals surface area contributed by atoms with E-state index >= 15 is 0 Å². The fourth-order valence-corrected chi connectivity index (χ4v) is 1.62. The van der Waals surface area contributed by atoms with Crippen LogP contribution in [0, 0.1) is 0 Å². The molecule has 0 unspecified atom stereocenters. The van der Waals surface area contributed by atoms with Crippen molar-refractivity contribution in [2.75, 3.05) is 0 Å². The predicted octanol–water partition coefficient (Wildman–Crippen LogP) is 3.62. The molecule has 0 aliphatic carbocycles. The first kappa shape index (κ1) is 12.0. The maximum Gasteiger partial charge on any atom is 0.131 e. The highest BCUT2D eigenvalue weighted by atomic mass is 16.5. The van der Waals surface area contributed by atoms with Gasteiger partial charge >= 0.3 is 0 Å². The monoisotopic (exact) mass is 242 g/mol. The summed E-state index contributed by atoms with van der Waals surface area (Å²) in [6.07, 6.45) is 2.36. The molecule has 0 saturated heterocycles. The summed E-state index contributed by atoms with van der Waals surface area (Å²) >= 11 is 0. The number of benzene rings is 2. The first-order valence-electron chi connectivity index (χ1n) is 5.58. The summed E-state index contributed by atoms with van der Waals surface area (Å²) in [4.78, 5) is 0. The lowest BCUT2D eigenvalue weighted by Gasteiger charge is -2.10. The van der Waals surface area contributed by atoms with Crippen molar-refractivity contribution in [3.8, 4) is 23.0 Å². The standard InChI is InChI=1S/C15H14O3/c1-2-3-11-10-13(17)6-9-15(11)18-14-7-4-12(16)5-8-14/h2,4-10,16-17H,1,3H2. The van der Waals surface area contributed by atoms with Gasteiger partial charge in [-0.05, 0) is 48.9 Å². The van der Waals surface area contributed by atoms with E-state index in [1.807, 2.05) is 0 Å². The van der Waals surface area contributed by atoms with Gasteiger partial charge in [0.25, 0.3) is 0 Å². The maximum absolute atomic E-state index is 9.44. The van der Waals surface area contributed by atoms with Crippen molar-refractivity contribution in [3.63, 3.8) is 0 Å². The summed E-state index contributed by atoms with van der Waals surface area (Å²) in [7, 11) is 0. The lowest BCUT2D eigenvalue weighted by atomic mass is 10.1. The molecule has 0 fully saturated rings. The van der Waals surface area contributed by atoms with E-state index in [-0.39, 0.29) is 11.5 Å². The second kappa shape index (κ2) is 5.27. The summed E-state index contributed by atoms with van der Waals surface area (Å²) < 4.78 is 5.70. The molecule has 0 spiro atoms. The predicted molar refractivity (Wildman–Crippen MR) is 70.2 cm³/mol. The van der Waals surface area contributed by atoms with Gasteiger partial charge in [0.1, 0.15) is 23.0 Å². The average molecular weight is 242 g/mol. The number of allylic oxidation sites excluding steroid dienone is 1. The number of phenolic OH excluding ortho intramolecular Hbond substituents is 2. The molecule has 0 atom stereocenters. The number of phenols is 2. The Balaban J connectivity index is 2.27. The molecule has 0 aliphatic heterocycles. The molecule has 3 heteroatoms. The van der Waals surface area contributed by atoms with E-state index in [0.717, 1.165) is 5.56 Å². The number of hydrogen-bond donors (Lipinski definition) is 2. The quantitative estimate of drug-likeness (QED) is 0.805. The SMILES string of the molecule is C=CCc1cc(O)ccc1Oc1ccc(O)cc1. The second-order valence-electron chi connectivity index (χ2n) is 3.88. The van der Waals surface area contributed by atoms with Crippen LogP contribution in [0.25, 0.3) is 0 Å². The Morgan fingerprint density at radius 3 is 2.33 bits per heavy atom. The lowest BCUT2D eigenvalue weighted by molar-refractivity contribution is 0.456. The summed E-state index contributed by atoms with van der Waals surface area (Å²) in [5.74, 6) is 1.69. The maximum atomic E-state index is 9.44. The fourth-order valence-electron chi connectivity index (χ4n) is 1.62. The van der Waals surface area contributed by atoms with Crippen LogP contribution in [-0.2, 0) is 6.42 Å². The van der Waals surface area contributed by atoms with Gasteiger partial charge in [-0.15, -0.1) is 6.58 Å². The number of ether oxygens (including phenoxy) is 1. The van der Waals surface area contributed by atoms with E-state index in [0.29, 0.717) is 17.9 Å². The Labute approximate surface area is 106 Å². The van der Waals surface area contributed by atoms with Crippen LogP contribution in [0.5, 0.6) is 23.0 Å². The Kier molecular flexibility index (Phi) is 3.53. The third-order valence-electron chi connectivity index (χ3n) is 2.47. The minimum Gasteiger partial charge on any atom is -0.508 e. The molecule has 0 radical (unpaired) electrons. The molecule has 2 rings (SSSR count). The topological polar surface area (TPSA) is 49.7 Å². The van der Waals surface area contributed by atoms with Gasteiger partial charge in [0, 0.05) is 5.56 Å². The minimum absolute atomic E-state index is 0.194. The van der Waals surface area contributed by atoms with Crippen LogP contribution in [-0.4, -0.2) is 10.2 Å². The summed E-state index contributed by atoms with van der Waals surface area (Å²) in [6, 6.07) is 11.4. The van der Waals surface area contributed by atoms with Crippen LogP contribution < -0.4 is 4.74 Å². The van der Waals surface area contributed by atoms with Crippen LogP contribution in [0.1, 0.15) is 5.56 Å². The van der Waals surface area contributed by atoms with Gasteiger partial charge in [0.15, 0.2) is 0 Å². The fraction of sp³-hybridized carbons (Fsp3) is 0.0667. The van der Waals surface area contributed by atoms with Crippen LogP contribution in [0.15, 0.2) is 55.1 Å². The lowest BCUT2D eigenvalue weighted by Crippen LogP contribution is -1.90. The van der Waals surface area contributed by atoms with Crippen LogP contribution in [0.4, 0.5) is 0 Å². The largest absolute Gasteiger partial charge is 0.508 e. The smallest absolute Gasteiger partial charge is 0.131 e. The molecule has 0 saturated carbocycles. The second-order valence-corrected chi connectivity index (χ2v) is 3.88. The minimum atomic E-state index is 0.194. The normalized spacial score (nSPS) is 10.0. The van der Waals surface area contributed by atoms with Crippen molar-refractivity contribution in [1.82, 2.24) is 0 Å². The highest BCUT2D eigenvalue weighted by molar-refractivity contribution is 5.43. The van der Waals surface area contributed by atoms with Crippen molar-refractivity contribution >= 4 is 0 Å². The van der Waals surface area contributed by atoms with Crippen molar-refractivity contribution in [3.05, 3.63) is 60.7 Å². The summed E-state index contributed by atoms with van der Waals surface area (Å²) in [5.41, 5.74) is 0.859. The van der Waals surface area contributed by atoms with E-state index in [1.54, 1.807) is 48.5 Å². The van der Waals surface area contributed by atoms with Crippen molar-refractivity contribution in [2.24, 2.45) is 0 Å². The zero-order chi connectivity index (χ0) is 13.0.